The lowest BCUT2D eigenvalue weighted by molar-refractivity contribution is -0.139. The second kappa shape index (κ2) is 7.86. The van der Waals surface area contributed by atoms with Crippen LogP contribution < -0.4 is 11.1 Å². The summed E-state index contributed by atoms with van der Waals surface area (Å²) in [4.78, 5) is 22.1. The molecule has 2 aromatic carbocycles. The molecule has 0 bridgehead atoms. The molecule has 0 unspecified atom stereocenters. The van der Waals surface area contributed by atoms with E-state index < -0.39 is 17.6 Å². The minimum absolute atomic E-state index is 0.0125. The number of nitrogens with one attached hydrogen (secondary N) is 1. The second-order valence-corrected chi connectivity index (χ2v) is 7.04. The number of hydrogen-bond acceptors (Lipinski definition) is 5. The van der Waals surface area contributed by atoms with E-state index in [4.69, 9.17) is 5.73 Å². The number of anilines is 3. The van der Waals surface area contributed by atoms with Gasteiger partial charge in [-0.05, 0) is 47.9 Å². The molecule has 0 atom stereocenters. The summed E-state index contributed by atoms with van der Waals surface area (Å²) >= 11 is 0. The Balaban J connectivity index is 1.55. The number of halogens is 4. The van der Waals surface area contributed by atoms with Gasteiger partial charge in [0.05, 0.1) is 5.56 Å². The third-order valence-electron chi connectivity index (χ3n) is 5.00. The van der Waals surface area contributed by atoms with Gasteiger partial charge in [0.2, 0.25) is 5.95 Å². The Morgan fingerprint density at radius 1 is 1.16 bits per heavy atom. The van der Waals surface area contributed by atoms with Crippen molar-refractivity contribution in [2.24, 2.45) is 0 Å². The summed E-state index contributed by atoms with van der Waals surface area (Å²) in [7, 11) is 0. The maximum absolute atomic E-state index is 13.9. The van der Waals surface area contributed by atoms with Crippen molar-refractivity contribution in [2.75, 3.05) is 17.6 Å². The Labute approximate surface area is 174 Å². The van der Waals surface area contributed by atoms with Crippen molar-refractivity contribution in [1.82, 2.24) is 14.9 Å². The van der Waals surface area contributed by atoms with Gasteiger partial charge in [-0.15, -0.1) is 0 Å². The van der Waals surface area contributed by atoms with Crippen molar-refractivity contribution in [3.8, 4) is 0 Å². The van der Waals surface area contributed by atoms with Gasteiger partial charge in [0.25, 0.3) is 5.91 Å². The molecule has 3 N–H and O–H groups in total. The molecule has 1 aliphatic rings. The monoisotopic (exact) mass is 431 g/mol. The van der Waals surface area contributed by atoms with E-state index >= 15 is 0 Å². The van der Waals surface area contributed by atoms with Gasteiger partial charge in [-0.25, -0.2) is 14.4 Å². The first-order valence-corrected chi connectivity index (χ1v) is 9.34. The van der Waals surface area contributed by atoms with Gasteiger partial charge in [0.15, 0.2) is 0 Å². The number of rotatable bonds is 3. The van der Waals surface area contributed by atoms with Crippen molar-refractivity contribution in [2.45, 2.75) is 19.1 Å². The van der Waals surface area contributed by atoms with Crippen LogP contribution in [-0.4, -0.2) is 27.3 Å². The van der Waals surface area contributed by atoms with Crippen LogP contribution >= 0.6 is 0 Å². The van der Waals surface area contributed by atoms with E-state index in [-0.39, 0.29) is 23.2 Å². The molecular weight excluding hydrogens is 414 g/mol. The number of aromatic nitrogens is 2. The molecule has 0 saturated heterocycles. The topological polar surface area (TPSA) is 84.1 Å². The van der Waals surface area contributed by atoms with Crippen molar-refractivity contribution in [3.05, 3.63) is 76.9 Å². The maximum atomic E-state index is 13.9. The summed E-state index contributed by atoms with van der Waals surface area (Å²) < 4.78 is 52.2. The smallest absolute Gasteiger partial charge is 0.368 e. The van der Waals surface area contributed by atoms with E-state index in [0.29, 0.717) is 31.3 Å². The highest BCUT2D eigenvalue weighted by Crippen LogP contribution is 2.34. The minimum Gasteiger partial charge on any atom is -0.368 e. The Morgan fingerprint density at radius 2 is 1.97 bits per heavy atom. The molecule has 1 aromatic heterocycles. The van der Waals surface area contributed by atoms with Crippen LogP contribution in [0.1, 0.15) is 27.2 Å². The zero-order chi connectivity index (χ0) is 22.2. The molecular formula is C21H17F4N5O. The first-order valence-electron chi connectivity index (χ1n) is 9.34. The predicted octanol–water partition coefficient (Wildman–Crippen LogP) is 4.16. The third kappa shape index (κ3) is 4.27. The van der Waals surface area contributed by atoms with Gasteiger partial charge in [-0.2, -0.15) is 13.2 Å². The number of nitrogens with two attached hydrogens (primary N) is 1. The van der Waals surface area contributed by atoms with Crippen molar-refractivity contribution < 1.29 is 22.4 Å². The number of hydrogen-bond donors (Lipinski definition) is 2. The van der Waals surface area contributed by atoms with E-state index in [1.165, 1.54) is 18.3 Å². The Hall–Kier alpha value is -3.69. The average Bonchev–Trinajstić information content (AvgIpc) is 2.72. The highest BCUT2D eigenvalue weighted by atomic mass is 19.4. The van der Waals surface area contributed by atoms with Gasteiger partial charge in [0.1, 0.15) is 11.5 Å². The molecule has 1 amide bonds. The third-order valence-corrected chi connectivity index (χ3v) is 5.00. The fourth-order valence-corrected chi connectivity index (χ4v) is 3.53. The van der Waals surface area contributed by atoms with Gasteiger partial charge in [-0.1, -0.05) is 12.1 Å². The largest absolute Gasteiger partial charge is 0.419 e. The Kier molecular flexibility index (Phi) is 5.22. The lowest BCUT2D eigenvalue weighted by Gasteiger charge is -2.30. The summed E-state index contributed by atoms with van der Waals surface area (Å²) in [6, 6.07) is 9.59. The van der Waals surface area contributed by atoms with Crippen LogP contribution in [0, 0.1) is 5.82 Å². The molecule has 6 nitrogen and oxygen atoms in total. The summed E-state index contributed by atoms with van der Waals surface area (Å²) in [5.74, 6) is -1.61. The number of alkyl halides is 3. The van der Waals surface area contributed by atoms with Gasteiger partial charge in [-0.3, -0.25) is 4.79 Å². The fraction of sp³-hybridized carbons (Fsp3) is 0.190. The SMILES string of the molecule is Nc1nccc(C(=O)N2CCc3c(cccc3Nc3ccc(C(F)(F)F)c(F)c3)C2)n1. The van der Waals surface area contributed by atoms with Crippen molar-refractivity contribution in [3.63, 3.8) is 0 Å². The second-order valence-electron chi connectivity index (χ2n) is 7.04. The van der Waals surface area contributed by atoms with E-state index in [1.54, 1.807) is 17.0 Å². The van der Waals surface area contributed by atoms with Crippen LogP contribution in [-0.2, 0) is 19.1 Å². The number of carbonyl (C=O) groups is 1. The molecule has 1 aliphatic heterocycles. The van der Waals surface area contributed by atoms with Crippen molar-refractivity contribution in [1.29, 1.82) is 0 Å². The van der Waals surface area contributed by atoms with E-state index in [1.807, 2.05) is 6.07 Å². The van der Waals surface area contributed by atoms with Crippen LogP contribution in [0.15, 0.2) is 48.7 Å². The maximum Gasteiger partial charge on any atom is 0.419 e. The highest BCUT2D eigenvalue weighted by Gasteiger charge is 2.34. The summed E-state index contributed by atoms with van der Waals surface area (Å²) in [5.41, 5.74) is 7.07. The minimum atomic E-state index is -4.75. The molecule has 0 spiro atoms. The van der Waals surface area contributed by atoms with Crippen LogP contribution in [0.4, 0.5) is 34.9 Å². The first kappa shape index (κ1) is 20.6. The number of nitrogen functional groups attached to an aromatic ring is 1. The first-order chi connectivity index (χ1) is 14.7. The average molecular weight is 431 g/mol. The van der Waals surface area contributed by atoms with Crippen LogP contribution in [0.5, 0.6) is 0 Å². The normalized spacial score (nSPS) is 13.6. The summed E-state index contributed by atoms with van der Waals surface area (Å²) in [6.07, 6.45) is -2.83. The number of amides is 1. The lowest BCUT2D eigenvalue weighted by Crippen LogP contribution is -2.36. The van der Waals surface area contributed by atoms with Crippen molar-refractivity contribution >= 4 is 23.2 Å². The molecule has 31 heavy (non-hydrogen) atoms. The predicted molar refractivity (Wildman–Crippen MR) is 106 cm³/mol. The summed E-state index contributed by atoms with van der Waals surface area (Å²) in [5, 5.41) is 2.99. The lowest BCUT2D eigenvalue weighted by atomic mass is 9.97. The van der Waals surface area contributed by atoms with E-state index in [0.717, 1.165) is 17.2 Å². The Morgan fingerprint density at radius 3 is 2.68 bits per heavy atom. The summed E-state index contributed by atoms with van der Waals surface area (Å²) in [6.45, 7) is 0.741. The molecule has 0 radical (unpaired) electrons. The number of benzene rings is 2. The molecule has 0 aliphatic carbocycles. The van der Waals surface area contributed by atoms with E-state index in [2.05, 4.69) is 15.3 Å². The van der Waals surface area contributed by atoms with Crippen LogP contribution in [0.25, 0.3) is 0 Å². The van der Waals surface area contributed by atoms with Gasteiger partial charge >= 0.3 is 6.18 Å². The quantitative estimate of drug-likeness (QED) is 0.609. The zero-order valence-corrected chi connectivity index (χ0v) is 16.1. The molecule has 0 fully saturated rings. The molecule has 2 heterocycles. The standard InChI is InChI=1S/C21H17F4N5O/c22-16-10-13(4-5-15(16)21(23,24)25)28-17-3-1-2-12-11-30(9-7-14(12)17)19(31)18-6-8-27-20(26)29-18/h1-6,8,10,28H,7,9,11H2,(H2,26,27,29). The molecule has 3 aromatic rings. The number of fused-ring (bicyclic) bond motifs is 1. The van der Waals surface area contributed by atoms with Crippen LogP contribution in [0.2, 0.25) is 0 Å². The van der Waals surface area contributed by atoms with Gasteiger partial charge < -0.3 is 16.0 Å². The van der Waals surface area contributed by atoms with E-state index in [9.17, 15) is 22.4 Å². The Bertz CT molecular complexity index is 1150. The molecule has 160 valence electrons. The van der Waals surface area contributed by atoms with Gasteiger partial charge in [0, 0.05) is 30.7 Å². The molecule has 10 heteroatoms. The number of nitrogens with zero attached hydrogens (tertiary/aromatic N) is 3. The molecule has 4 rings (SSSR count). The molecule has 0 saturated carbocycles. The zero-order valence-electron chi connectivity index (χ0n) is 16.1. The number of carbonyl (C=O) groups excluding carboxylic acids is 1. The fourth-order valence-electron chi connectivity index (χ4n) is 3.53. The van der Waals surface area contributed by atoms with Crippen LogP contribution in [0.3, 0.4) is 0 Å². The highest BCUT2D eigenvalue weighted by molar-refractivity contribution is 5.92.